The molecule has 114 heavy (non-hydrogen) atoms. The van der Waals surface area contributed by atoms with Crippen LogP contribution in [0.5, 0.6) is 0 Å². The second-order valence-corrected chi connectivity index (χ2v) is 30.8. The van der Waals surface area contributed by atoms with Crippen LogP contribution < -0.4 is 0 Å². The summed E-state index contributed by atoms with van der Waals surface area (Å²) in [5.41, 5.74) is 15.2. The van der Waals surface area contributed by atoms with E-state index in [0.29, 0.717) is 47.1 Å². The van der Waals surface area contributed by atoms with E-state index in [0.717, 1.165) is 133 Å². The molecule has 0 bridgehead atoms. The molecule has 0 radical (unpaired) electrons. The quantitative estimate of drug-likeness (QED) is 0.00958. The fourth-order valence-electron chi connectivity index (χ4n) is 14.0. The van der Waals surface area contributed by atoms with E-state index in [2.05, 4.69) is 117 Å². The van der Waals surface area contributed by atoms with Crippen molar-refractivity contribution in [2.24, 2.45) is 11.8 Å². The first-order valence-electron chi connectivity index (χ1n) is 40.3. The normalized spacial score (nSPS) is 11.3. The molecule has 9 aromatic carbocycles. The molecule has 2 N–H and O–H groups in total. The third-order valence-corrected chi connectivity index (χ3v) is 22.0. The van der Waals surface area contributed by atoms with Crippen molar-refractivity contribution < 1.29 is 72.9 Å². The molecular formula is C97H121F7O9S. The lowest BCUT2D eigenvalue weighted by molar-refractivity contribution is -0.159. The van der Waals surface area contributed by atoms with Crippen molar-refractivity contribution in [1.29, 1.82) is 0 Å². The smallest absolute Gasteiger partial charge is 0.468 e. The van der Waals surface area contributed by atoms with Crippen LogP contribution in [0.25, 0.3) is 33.4 Å². The summed E-state index contributed by atoms with van der Waals surface area (Å²) in [4.78, 5) is 24.0. The Bertz CT molecular complexity index is 4460. The van der Waals surface area contributed by atoms with E-state index in [1.165, 1.54) is 105 Å². The van der Waals surface area contributed by atoms with E-state index >= 15 is 13.2 Å². The van der Waals surface area contributed by atoms with Crippen molar-refractivity contribution in [2.75, 3.05) is 34.0 Å². The lowest BCUT2D eigenvalue weighted by Crippen LogP contribution is -2.27. The van der Waals surface area contributed by atoms with Crippen LogP contribution in [0.15, 0.2) is 182 Å². The van der Waals surface area contributed by atoms with Gasteiger partial charge in [0.05, 0.1) is 20.8 Å². The molecule has 9 rings (SSSR count). The number of carbonyl (C=O) groups excluding carboxylic acids is 2. The van der Waals surface area contributed by atoms with Crippen LogP contribution in [-0.2, 0) is 130 Å². The first kappa shape index (κ1) is 95.8. The van der Waals surface area contributed by atoms with Gasteiger partial charge in [0, 0.05) is 35.8 Å². The summed E-state index contributed by atoms with van der Waals surface area (Å²) in [6, 6.07) is 60.0. The van der Waals surface area contributed by atoms with Crippen LogP contribution in [0.1, 0.15) is 203 Å². The highest BCUT2D eigenvalue weighted by Gasteiger charge is 2.47. The molecule has 0 aliphatic carbocycles. The number of ether oxygens (including phenoxy) is 2. The van der Waals surface area contributed by atoms with Gasteiger partial charge in [0.15, 0.2) is 5.92 Å². The van der Waals surface area contributed by atoms with Crippen LogP contribution in [-0.4, -0.2) is 70.1 Å². The summed E-state index contributed by atoms with van der Waals surface area (Å²) in [5, 5.41) is 18.6. The molecule has 0 aliphatic heterocycles. The zero-order valence-electron chi connectivity index (χ0n) is 67.3. The van der Waals surface area contributed by atoms with Gasteiger partial charge in [-0.15, -0.1) is 0 Å². The molecular weight excluding hydrogens is 1470 g/mol. The Morgan fingerprint density at radius 1 is 0.360 bits per heavy atom. The second-order valence-electron chi connectivity index (χ2n) is 29.2. The zero-order valence-corrected chi connectivity index (χ0v) is 68.1. The molecule has 9 nitrogen and oxygen atoms in total. The Balaban J connectivity index is 0.000000303. The maximum Gasteiger partial charge on any atom is 0.523 e. The molecule has 0 atom stereocenters. The molecule has 0 saturated heterocycles. The number of aliphatic hydroxyl groups is 2. The molecule has 0 amide bonds. The first-order valence-corrected chi connectivity index (χ1v) is 41.7. The van der Waals surface area contributed by atoms with Gasteiger partial charge >= 0.3 is 27.6 Å². The molecule has 0 fully saturated rings. The number of hydrogen-bond acceptors (Lipinski definition) is 9. The van der Waals surface area contributed by atoms with Crippen molar-refractivity contribution in [2.45, 2.75) is 221 Å². The minimum Gasteiger partial charge on any atom is -0.468 e. The standard InChI is InChI=1S/C34H41FO4.C32H41FO2.C30H34F4O3S.CH4.FH/c1-5-7-8-9-24-10-12-25(13-11-24)14-15-27-17-20-30(32(35)23-27)29-19-16-26(22-28(29)6-2)18-21-31(33(36)38-3)34(37)39-4;1-3-5-6-7-24-8-10-25(11-9-24)12-13-27-17-19-31(32(33)21-27)30-18-16-26(20-29(30)4-2)14-15-28(22-34)23-35;1-3-5-6-7-22-8-10-23(11-9-22)12-13-24-15-17-28(29(31)21-24)27-16-14-25(20-26(27)4-2)18-19-37-38(35,36)30(32,33)34;;/h10-13,16-17,19-20,22-23,31H,5-9,14-15,18,21H2,1-4H3;8-11,16-21,28,34-35H,3-7,12-15,22-23H2,1-2H3;8-11,14-17,20-21H,3-7,12-13,18-19H2,1-2H3;1H4;1H. The second kappa shape index (κ2) is 49.9. The topological polar surface area (TPSA) is 136 Å². The number of halogens is 7. The Hall–Kier alpha value is -8.74. The molecule has 0 unspecified atom stereocenters. The highest BCUT2D eigenvalue weighted by atomic mass is 32.2. The number of methoxy groups -OCH3 is 2. The van der Waals surface area contributed by atoms with Gasteiger partial charge in [-0.05, 0) is 247 Å². The van der Waals surface area contributed by atoms with Gasteiger partial charge in [0.1, 0.15) is 17.5 Å². The number of carbonyl (C=O) groups is 2. The Kier molecular flexibility index (Phi) is 42.0. The summed E-state index contributed by atoms with van der Waals surface area (Å²) in [5.74, 6) is -2.98. The molecule has 0 aromatic heterocycles. The monoisotopic (exact) mass is 1590 g/mol. The molecule has 9 aromatic rings. The summed E-state index contributed by atoms with van der Waals surface area (Å²) >= 11 is 0. The summed E-state index contributed by atoms with van der Waals surface area (Å²) < 4.78 is 119. The lowest BCUT2D eigenvalue weighted by Gasteiger charge is -2.15. The molecule has 0 aliphatic rings. The number of unbranched alkanes of at least 4 members (excludes halogenated alkanes) is 6. The number of benzene rings is 9. The first-order chi connectivity index (χ1) is 54.0. The summed E-state index contributed by atoms with van der Waals surface area (Å²) in [7, 11) is -3.11. The summed E-state index contributed by atoms with van der Waals surface area (Å²) in [6.45, 7) is 12.0. The van der Waals surface area contributed by atoms with E-state index in [9.17, 15) is 41.4 Å². The highest BCUT2D eigenvalue weighted by Crippen LogP contribution is 2.34. The van der Waals surface area contributed by atoms with Crippen molar-refractivity contribution in [3.05, 3.63) is 283 Å². The number of esters is 2. The van der Waals surface area contributed by atoms with Gasteiger partial charge in [-0.3, -0.25) is 18.5 Å². The lowest BCUT2D eigenvalue weighted by atomic mass is 9.92. The third-order valence-electron chi connectivity index (χ3n) is 21.0. The fourth-order valence-corrected chi connectivity index (χ4v) is 14.4. The number of alkyl halides is 3. The molecule has 618 valence electrons. The van der Waals surface area contributed by atoms with Crippen molar-refractivity contribution in [1.82, 2.24) is 0 Å². The van der Waals surface area contributed by atoms with Crippen LogP contribution >= 0.6 is 0 Å². The maximum atomic E-state index is 15.3. The predicted molar refractivity (Wildman–Crippen MR) is 451 cm³/mol. The molecule has 17 heteroatoms. The van der Waals surface area contributed by atoms with Crippen molar-refractivity contribution >= 4 is 22.1 Å². The van der Waals surface area contributed by atoms with E-state index < -0.39 is 40.1 Å². The van der Waals surface area contributed by atoms with Crippen LogP contribution in [0.4, 0.5) is 31.0 Å². The van der Waals surface area contributed by atoms with Crippen LogP contribution in [0.2, 0.25) is 0 Å². The van der Waals surface area contributed by atoms with Gasteiger partial charge in [0.2, 0.25) is 0 Å². The van der Waals surface area contributed by atoms with E-state index in [4.69, 9.17) is 9.47 Å². The fraction of sp³-hybridized carbons (Fsp3) is 0.423. The minimum atomic E-state index is -5.62. The molecule has 0 saturated carbocycles. The van der Waals surface area contributed by atoms with E-state index in [-0.39, 0.29) is 61.6 Å². The number of aryl methyl sites for hydroxylation is 14. The minimum absolute atomic E-state index is 0. The van der Waals surface area contributed by atoms with Gasteiger partial charge in [-0.1, -0.05) is 251 Å². The highest BCUT2D eigenvalue weighted by molar-refractivity contribution is 7.87. The maximum absolute atomic E-state index is 15.3. The van der Waals surface area contributed by atoms with Gasteiger partial charge in [0.25, 0.3) is 0 Å². The van der Waals surface area contributed by atoms with Crippen LogP contribution in [0.3, 0.4) is 0 Å². The van der Waals surface area contributed by atoms with E-state index in [1.54, 1.807) is 42.5 Å². The number of aliphatic hydroxyl groups excluding tert-OH is 2. The summed E-state index contributed by atoms with van der Waals surface area (Å²) in [6.07, 6.45) is 23.8. The van der Waals surface area contributed by atoms with Gasteiger partial charge in [-0.2, -0.15) is 21.6 Å². The van der Waals surface area contributed by atoms with Crippen molar-refractivity contribution in [3.63, 3.8) is 0 Å². The molecule has 0 heterocycles. The van der Waals surface area contributed by atoms with Crippen LogP contribution in [0, 0.1) is 29.3 Å². The average molecular weight is 1600 g/mol. The Morgan fingerprint density at radius 2 is 0.614 bits per heavy atom. The SMILES string of the molecule is C.CCCCCc1ccc(CCc2ccc(-c3ccc(CCC(C(=O)OC)C(=O)OC)cc3CC)c(F)c2)cc1.CCCCCc1ccc(CCc2ccc(-c3ccc(CCC(CO)CO)cc3CC)c(F)c2)cc1.CCCCCc1ccc(CCc2ccc(-c3ccc(CCOS(=O)(=O)C(F)(F)F)cc3CC)c(F)c2)cc1.F. The number of rotatable bonds is 41. The van der Waals surface area contributed by atoms with Gasteiger partial charge < -0.3 is 19.7 Å². The molecule has 0 spiro atoms. The van der Waals surface area contributed by atoms with Gasteiger partial charge in [-0.25, -0.2) is 13.2 Å². The predicted octanol–water partition coefficient (Wildman–Crippen LogP) is 23.3. The Morgan fingerprint density at radius 3 is 0.877 bits per heavy atom. The number of hydrogen-bond donors (Lipinski definition) is 2. The zero-order chi connectivity index (χ0) is 81.0. The Labute approximate surface area is 674 Å². The third kappa shape index (κ3) is 30.1. The largest absolute Gasteiger partial charge is 0.523 e. The average Bonchev–Trinajstić information content (AvgIpc) is 0.798. The van der Waals surface area contributed by atoms with Crippen molar-refractivity contribution in [3.8, 4) is 33.4 Å². The van der Waals surface area contributed by atoms with E-state index in [1.807, 2.05) is 68.4 Å².